The van der Waals surface area contributed by atoms with Crippen molar-refractivity contribution in [2.75, 3.05) is 37.7 Å². The van der Waals surface area contributed by atoms with Crippen LogP contribution in [0.15, 0.2) is 0 Å². The van der Waals surface area contributed by atoms with Crippen molar-refractivity contribution in [2.45, 2.75) is 45.1 Å². The lowest BCUT2D eigenvalue weighted by molar-refractivity contribution is -0.140. The second-order valence-corrected chi connectivity index (χ2v) is 8.69. The maximum atomic E-state index is 12.7. The maximum Gasteiger partial charge on any atom is 0.237 e. The molecule has 0 N–H and O–H groups in total. The molecule has 5 heteroatoms. The summed E-state index contributed by atoms with van der Waals surface area (Å²) in [7, 11) is -0.658. The van der Waals surface area contributed by atoms with Crippen molar-refractivity contribution in [3.8, 4) is 0 Å². The Hall–Kier alpha value is -0.420. The fraction of sp³-hybridized carbons (Fsp3) is 0.938. The molecule has 0 unspecified atom stereocenters. The molecule has 0 aromatic rings. The van der Waals surface area contributed by atoms with Crippen LogP contribution in [-0.4, -0.2) is 63.6 Å². The molecule has 0 bridgehead atoms. The Morgan fingerprint density at radius 3 is 2.57 bits per heavy atom. The molecule has 3 atom stereocenters. The zero-order valence-electron chi connectivity index (χ0n) is 13.1. The van der Waals surface area contributed by atoms with E-state index in [1.165, 1.54) is 25.7 Å². The topological polar surface area (TPSA) is 40.6 Å². The fourth-order valence-corrected chi connectivity index (χ4v) is 5.47. The van der Waals surface area contributed by atoms with Gasteiger partial charge in [-0.15, -0.1) is 0 Å². The van der Waals surface area contributed by atoms with Crippen molar-refractivity contribution in [3.05, 3.63) is 0 Å². The van der Waals surface area contributed by atoms with Crippen LogP contribution in [-0.2, 0) is 15.6 Å². The first-order valence-corrected chi connectivity index (χ1v) is 10.0. The predicted octanol–water partition coefficient (Wildman–Crippen LogP) is 1.48. The molecule has 0 aromatic carbocycles. The predicted molar refractivity (Wildman–Crippen MR) is 85.6 cm³/mol. The van der Waals surface area contributed by atoms with Gasteiger partial charge in [-0.25, -0.2) is 0 Å². The summed E-state index contributed by atoms with van der Waals surface area (Å²) in [5.74, 6) is 3.28. The number of fused-ring (bicyclic) bond motifs is 1. The maximum absolute atomic E-state index is 12.7. The van der Waals surface area contributed by atoms with Crippen molar-refractivity contribution in [1.82, 2.24) is 9.80 Å². The average molecular weight is 312 g/mol. The van der Waals surface area contributed by atoms with Crippen LogP contribution in [0.5, 0.6) is 0 Å². The van der Waals surface area contributed by atoms with Crippen LogP contribution in [0.25, 0.3) is 0 Å². The largest absolute Gasteiger partial charge is 0.338 e. The third-order valence-corrected chi connectivity index (χ3v) is 6.96. The monoisotopic (exact) mass is 312 g/mol. The van der Waals surface area contributed by atoms with E-state index < -0.39 is 10.8 Å². The van der Waals surface area contributed by atoms with E-state index in [1.807, 2.05) is 0 Å². The first kappa shape index (κ1) is 15.5. The van der Waals surface area contributed by atoms with Gasteiger partial charge in [0.1, 0.15) is 0 Å². The van der Waals surface area contributed by atoms with Gasteiger partial charge in [0.15, 0.2) is 0 Å². The van der Waals surface area contributed by atoms with Gasteiger partial charge in [-0.05, 0) is 31.1 Å². The number of amides is 1. The highest BCUT2D eigenvalue weighted by atomic mass is 32.2. The Balaban J connectivity index is 1.59. The summed E-state index contributed by atoms with van der Waals surface area (Å²) in [6.45, 7) is 5.48. The van der Waals surface area contributed by atoms with E-state index >= 15 is 0 Å². The standard InChI is InChI=1S/C16H28N2O2S/c1-13-6-7-18(15-5-3-2-4-14(13)15)16(19)12-17-8-10-21(20)11-9-17/h13-15H,2-12H2,1H3/t13-,14-,15-/m1/s1. The molecule has 2 saturated heterocycles. The van der Waals surface area contributed by atoms with Crippen LogP contribution < -0.4 is 0 Å². The van der Waals surface area contributed by atoms with Gasteiger partial charge in [0.2, 0.25) is 5.91 Å². The van der Waals surface area contributed by atoms with Gasteiger partial charge in [0.05, 0.1) is 6.54 Å². The quantitative estimate of drug-likeness (QED) is 0.775. The Bertz CT molecular complexity index is 405. The molecule has 1 amide bonds. The number of hydrogen-bond acceptors (Lipinski definition) is 3. The van der Waals surface area contributed by atoms with Crippen molar-refractivity contribution in [1.29, 1.82) is 0 Å². The van der Waals surface area contributed by atoms with Crippen molar-refractivity contribution in [2.24, 2.45) is 11.8 Å². The van der Waals surface area contributed by atoms with Gasteiger partial charge in [0, 0.05) is 48.0 Å². The lowest BCUT2D eigenvalue weighted by atomic mass is 9.72. The van der Waals surface area contributed by atoms with Gasteiger partial charge < -0.3 is 4.90 Å². The molecule has 21 heavy (non-hydrogen) atoms. The fourth-order valence-electron chi connectivity index (χ4n) is 4.34. The Labute approximate surface area is 130 Å². The number of rotatable bonds is 2. The van der Waals surface area contributed by atoms with E-state index in [9.17, 15) is 9.00 Å². The van der Waals surface area contributed by atoms with Gasteiger partial charge in [-0.2, -0.15) is 0 Å². The van der Waals surface area contributed by atoms with Crippen LogP contribution in [0.2, 0.25) is 0 Å². The SMILES string of the molecule is C[C@@H]1CCN(C(=O)CN2CCS(=O)CC2)[C@@H]2CCCC[C@H]12. The third kappa shape index (κ3) is 3.50. The van der Waals surface area contributed by atoms with Gasteiger partial charge in [-0.1, -0.05) is 19.8 Å². The Kier molecular flexibility index (Phi) is 4.99. The van der Waals surface area contributed by atoms with Crippen molar-refractivity contribution in [3.63, 3.8) is 0 Å². The molecule has 1 saturated carbocycles. The highest BCUT2D eigenvalue weighted by Crippen LogP contribution is 2.38. The van der Waals surface area contributed by atoms with E-state index in [4.69, 9.17) is 0 Å². The molecule has 1 aliphatic carbocycles. The summed E-state index contributed by atoms with van der Waals surface area (Å²) in [4.78, 5) is 17.1. The van der Waals surface area contributed by atoms with Gasteiger partial charge in [0.25, 0.3) is 0 Å². The number of hydrogen-bond donors (Lipinski definition) is 0. The number of carbonyl (C=O) groups is 1. The second kappa shape index (κ2) is 6.78. The molecule has 0 aromatic heterocycles. The molecular formula is C16H28N2O2S. The van der Waals surface area contributed by atoms with Crippen molar-refractivity contribution < 1.29 is 9.00 Å². The number of carbonyl (C=O) groups excluding carboxylic acids is 1. The minimum absolute atomic E-state index is 0.312. The van der Waals surface area contributed by atoms with E-state index in [0.717, 1.165) is 49.4 Å². The Morgan fingerprint density at radius 1 is 1.10 bits per heavy atom. The van der Waals surface area contributed by atoms with E-state index in [-0.39, 0.29) is 0 Å². The first-order chi connectivity index (χ1) is 10.1. The van der Waals surface area contributed by atoms with Crippen molar-refractivity contribution >= 4 is 16.7 Å². The van der Waals surface area contributed by atoms with Gasteiger partial charge >= 0.3 is 0 Å². The van der Waals surface area contributed by atoms with Crippen LogP contribution >= 0.6 is 0 Å². The normalized spacial score (nSPS) is 35.5. The molecular weight excluding hydrogens is 284 g/mol. The second-order valence-electron chi connectivity index (χ2n) is 6.99. The van der Waals surface area contributed by atoms with Crippen LogP contribution in [0.3, 0.4) is 0 Å². The molecule has 2 heterocycles. The third-order valence-electron chi connectivity index (χ3n) is 5.69. The molecule has 120 valence electrons. The van der Waals surface area contributed by atoms with E-state index in [0.29, 0.717) is 18.5 Å². The molecule has 3 aliphatic rings. The molecule has 2 aliphatic heterocycles. The smallest absolute Gasteiger partial charge is 0.237 e. The van der Waals surface area contributed by atoms with E-state index in [1.54, 1.807) is 0 Å². The minimum atomic E-state index is -0.658. The van der Waals surface area contributed by atoms with E-state index in [2.05, 4.69) is 16.7 Å². The first-order valence-electron chi connectivity index (χ1n) is 8.52. The van der Waals surface area contributed by atoms with Gasteiger partial charge in [-0.3, -0.25) is 13.9 Å². The van der Waals surface area contributed by atoms with Crippen LogP contribution in [0, 0.1) is 11.8 Å². The average Bonchev–Trinajstić information content (AvgIpc) is 2.50. The highest BCUT2D eigenvalue weighted by molar-refractivity contribution is 7.85. The lowest BCUT2D eigenvalue weighted by Crippen LogP contribution is -2.55. The van der Waals surface area contributed by atoms with Crippen LogP contribution in [0.4, 0.5) is 0 Å². The summed E-state index contributed by atoms with van der Waals surface area (Å²) in [6, 6.07) is 0.494. The summed E-state index contributed by atoms with van der Waals surface area (Å²) in [6.07, 6.45) is 6.28. The number of piperidine rings is 1. The summed E-state index contributed by atoms with van der Waals surface area (Å²) >= 11 is 0. The zero-order chi connectivity index (χ0) is 14.8. The summed E-state index contributed by atoms with van der Waals surface area (Å²) in [5.41, 5.74) is 0. The molecule has 0 spiro atoms. The van der Waals surface area contributed by atoms with Crippen LogP contribution in [0.1, 0.15) is 39.0 Å². The zero-order valence-corrected chi connectivity index (χ0v) is 13.9. The molecule has 3 rings (SSSR count). The molecule has 0 radical (unpaired) electrons. The summed E-state index contributed by atoms with van der Waals surface area (Å²) in [5, 5.41) is 0. The molecule has 3 fully saturated rings. The minimum Gasteiger partial charge on any atom is -0.338 e. The number of nitrogens with zero attached hydrogens (tertiary/aromatic N) is 2. The summed E-state index contributed by atoms with van der Waals surface area (Å²) < 4.78 is 11.4. The highest BCUT2D eigenvalue weighted by Gasteiger charge is 2.39. The number of likely N-dealkylation sites (tertiary alicyclic amines) is 1. The molecule has 4 nitrogen and oxygen atoms in total. The Morgan fingerprint density at radius 2 is 1.81 bits per heavy atom. The lowest BCUT2D eigenvalue weighted by Gasteiger charge is -2.47.